The standard InChI is InChI=1S/C16H20N2O5/c1-5-23-11-8-6-10(7-9-11)16(4)12(19)18(14(22)17-16)15(2,3)13(20)21/h6-9H,5H2,1-4H3,(H,17,22)(H,20,21). The number of hydrogen-bond acceptors (Lipinski definition) is 4. The first kappa shape index (κ1) is 16.8. The molecule has 1 aliphatic heterocycles. The fraction of sp³-hybridized carbons (Fsp3) is 0.438. The Balaban J connectivity index is 2.38. The molecule has 1 unspecified atom stereocenters. The van der Waals surface area contributed by atoms with Crippen molar-refractivity contribution in [2.75, 3.05) is 6.61 Å². The molecule has 1 aromatic rings. The lowest BCUT2D eigenvalue weighted by Crippen LogP contribution is -2.54. The third-order valence-corrected chi connectivity index (χ3v) is 4.02. The van der Waals surface area contributed by atoms with Gasteiger partial charge in [0, 0.05) is 0 Å². The zero-order chi connectivity index (χ0) is 17.4. The number of ether oxygens (including phenoxy) is 1. The predicted molar refractivity (Wildman–Crippen MR) is 82.1 cm³/mol. The highest BCUT2D eigenvalue weighted by atomic mass is 16.5. The Morgan fingerprint density at radius 2 is 1.87 bits per heavy atom. The van der Waals surface area contributed by atoms with Gasteiger partial charge in [-0.3, -0.25) is 4.79 Å². The predicted octanol–water partition coefficient (Wildman–Crippen LogP) is 1.72. The molecule has 0 spiro atoms. The Kier molecular flexibility index (Phi) is 4.07. The number of aliphatic carboxylic acids is 1. The summed E-state index contributed by atoms with van der Waals surface area (Å²) in [6, 6.07) is 6.04. The highest BCUT2D eigenvalue weighted by molar-refractivity contribution is 6.10. The van der Waals surface area contributed by atoms with E-state index in [4.69, 9.17) is 4.74 Å². The number of carbonyl (C=O) groups is 3. The first-order chi connectivity index (χ1) is 10.6. The van der Waals surface area contributed by atoms with Crippen LogP contribution >= 0.6 is 0 Å². The van der Waals surface area contributed by atoms with Crippen LogP contribution in [0.4, 0.5) is 4.79 Å². The summed E-state index contributed by atoms with van der Waals surface area (Å²) in [7, 11) is 0. The maximum absolute atomic E-state index is 12.7. The molecule has 7 heteroatoms. The molecule has 3 amide bonds. The van der Waals surface area contributed by atoms with E-state index in [1.165, 1.54) is 13.8 Å². The van der Waals surface area contributed by atoms with Gasteiger partial charge in [0.15, 0.2) is 0 Å². The molecule has 1 atom stereocenters. The number of rotatable bonds is 5. The van der Waals surface area contributed by atoms with Gasteiger partial charge in [-0.1, -0.05) is 12.1 Å². The van der Waals surface area contributed by atoms with Crippen molar-refractivity contribution in [3.05, 3.63) is 29.8 Å². The molecule has 124 valence electrons. The Morgan fingerprint density at radius 3 is 2.35 bits per heavy atom. The molecule has 0 radical (unpaired) electrons. The summed E-state index contributed by atoms with van der Waals surface area (Å²) in [5.74, 6) is -1.20. The van der Waals surface area contributed by atoms with E-state index in [-0.39, 0.29) is 0 Å². The van der Waals surface area contributed by atoms with Crippen LogP contribution in [0.2, 0.25) is 0 Å². The fourth-order valence-electron chi connectivity index (χ4n) is 2.49. The van der Waals surface area contributed by atoms with E-state index in [9.17, 15) is 19.5 Å². The molecule has 0 aliphatic carbocycles. The first-order valence-corrected chi connectivity index (χ1v) is 7.28. The van der Waals surface area contributed by atoms with Gasteiger partial charge in [-0.25, -0.2) is 14.5 Å². The van der Waals surface area contributed by atoms with Crippen LogP contribution in [-0.4, -0.2) is 40.1 Å². The highest BCUT2D eigenvalue weighted by Gasteiger charge is 2.56. The smallest absolute Gasteiger partial charge is 0.329 e. The van der Waals surface area contributed by atoms with Crippen LogP contribution in [0.5, 0.6) is 5.75 Å². The summed E-state index contributed by atoms with van der Waals surface area (Å²) in [6.45, 7) is 6.57. The number of hydrogen-bond donors (Lipinski definition) is 2. The van der Waals surface area contributed by atoms with Gasteiger partial charge in [-0.2, -0.15) is 0 Å². The van der Waals surface area contributed by atoms with Gasteiger partial charge in [0.25, 0.3) is 5.91 Å². The normalized spacial score (nSPS) is 21.3. The largest absolute Gasteiger partial charge is 0.494 e. The Labute approximate surface area is 134 Å². The Morgan fingerprint density at radius 1 is 1.30 bits per heavy atom. The zero-order valence-corrected chi connectivity index (χ0v) is 13.5. The minimum Gasteiger partial charge on any atom is -0.494 e. The van der Waals surface area contributed by atoms with E-state index >= 15 is 0 Å². The third-order valence-electron chi connectivity index (χ3n) is 4.02. The van der Waals surface area contributed by atoms with Crippen molar-refractivity contribution in [1.82, 2.24) is 10.2 Å². The van der Waals surface area contributed by atoms with Crippen LogP contribution < -0.4 is 10.1 Å². The van der Waals surface area contributed by atoms with E-state index in [2.05, 4.69) is 5.32 Å². The lowest BCUT2D eigenvalue weighted by molar-refractivity contribution is -0.153. The van der Waals surface area contributed by atoms with Crippen LogP contribution in [0.25, 0.3) is 0 Å². The second kappa shape index (κ2) is 5.57. The van der Waals surface area contributed by atoms with Crippen molar-refractivity contribution in [3.63, 3.8) is 0 Å². The van der Waals surface area contributed by atoms with Crippen molar-refractivity contribution < 1.29 is 24.2 Å². The summed E-state index contributed by atoms with van der Waals surface area (Å²) in [4.78, 5) is 37.1. The van der Waals surface area contributed by atoms with Gasteiger partial charge in [-0.15, -0.1) is 0 Å². The van der Waals surface area contributed by atoms with E-state index in [1.54, 1.807) is 31.2 Å². The summed E-state index contributed by atoms with van der Waals surface area (Å²) < 4.78 is 5.35. The SMILES string of the molecule is CCOc1ccc(C2(C)NC(=O)N(C(C)(C)C(=O)O)C2=O)cc1. The van der Waals surface area contributed by atoms with Gasteiger partial charge < -0.3 is 15.2 Å². The van der Waals surface area contributed by atoms with Crippen LogP contribution in [0, 0.1) is 0 Å². The quantitative estimate of drug-likeness (QED) is 0.805. The molecular formula is C16H20N2O5. The van der Waals surface area contributed by atoms with Crippen LogP contribution in [0.1, 0.15) is 33.3 Å². The molecule has 1 saturated heterocycles. The number of nitrogens with zero attached hydrogens (tertiary/aromatic N) is 1. The van der Waals surface area contributed by atoms with E-state index in [1.807, 2.05) is 6.92 Å². The average molecular weight is 320 g/mol. The average Bonchev–Trinajstić information content (AvgIpc) is 2.71. The second-order valence-corrected chi connectivity index (χ2v) is 6.02. The fourth-order valence-corrected chi connectivity index (χ4v) is 2.49. The van der Waals surface area contributed by atoms with Gasteiger partial charge in [0.1, 0.15) is 16.8 Å². The third kappa shape index (κ3) is 2.62. The van der Waals surface area contributed by atoms with E-state index in [0.717, 1.165) is 4.90 Å². The van der Waals surface area contributed by atoms with Crippen molar-refractivity contribution in [2.45, 2.75) is 38.8 Å². The molecule has 2 N–H and O–H groups in total. The molecule has 2 rings (SSSR count). The Hall–Kier alpha value is -2.57. The first-order valence-electron chi connectivity index (χ1n) is 7.28. The molecular weight excluding hydrogens is 300 g/mol. The molecule has 23 heavy (non-hydrogen) atoms. The summed E-state index contributed by atoms with van der Waals surface area (Å²) >= 11 is 0. The summed E-state index contributed by atoms with van der Waals surface area (Å²) in [6.07, 6.45) is 0. The van der Waals surface area contributed by atoms with Gasteiger partial charge in [0.05, 0.1) is 6.61 Å². The molecule has 7 nitrogen and oxygen atoms in total. The Bertz CT molecular complexity index is 653. The number of carboxylic acids is 1. The number of amides is 3. The van der Waals surface area contributed by atoms with Crippen LogP contribution in [-0.2, 0) is 15.1 Å². The van der Waals surface area contributed by atoms with Crippen molar-refractivity contribution in [1.29, 1.82) is 0 Å². The molecule has 0 bridgehead atoms. The number of carboxylic acid groups (broad SMARTS) is 1. The van der Waals surface area contributed by atoms with E-state index in [0.29, 0.717) is 17.9 Å². The van der Waals surface area contributed by atoms with Crippen LogP contribution in [0.3, 0.4) is 0 Å². The van der Waals surface area contributed by atoms with Gasteiger partial charge >= 0.3 is 12.0 Å². The molecule has 1 aromatic carbocycles. The van der Waals surface area contributed by atoms with Crippen molar-refractivity contribution in [3.8, 4) is 5.75 Å². The minimum absolute atomic E-state index is 0.521. The second-order valence-electron chi connectivity index (χ2n) is 6.02. The lowest BCUT2D eigenvalue weighted by Gasteiger charge is -2.30. The molecule has 0 aromatic heterocycles. The van der Waals surface area contributed by atoms with Crippen LogP contribution in [0.15, 0.2) is 24.3 Å². The van der Waals surface area contributed by atoms with Gasteiger partial charge in [-0.05, 0) is 45.4 Å². The van der Waals surface area contributed by atoms with E-state index < -0.39 is 29.0 Å². The summed E-state index contributed by atoms with van der Waals surface area (Å²) in [5.41, 5.74) is -2.39. The lowest BCUT2D eigenvalue weighted by atomic mass is 9.90. The maximum Gasteiger partial charge on any atom is 0.329 e. The highest BCUT2D eigenvalue weighted by Crippen LogP contribution is 2.33. The number of carbonyl (C=O) groups excluding carboxylic acids is 2. The molecule has 1 fully saturated rings. The summed E-state index contributed by atoms with van der Waals surface area (Å²) in [5, 5.41) is 11.9. The zero-order valence-electron chi connectivity index (χ0n) is 13.5. The molecule has 1 aliphatic rings. The number of benzene rings is 1. The van der Waals surface area contributed by atoms with Crippen molar-refractivity contribution >= 4 is 17.9 Å². The van der Waals surface area contributed by atoms with Crippen molar-refractivity contribution in [2.24, 2.45) is 0 Å². The maximum atomic E-state index is 12.7. The number of nitrogens with one attached hydrogen (secondary N) is 1. The molecule has 0 saturated carbocycles. The van der Waals surface area contributed by atoms with Gasteiger partial charge in [0.2, 0.25) is 0 Å². The molecule has 1 heterocycles. The number of urea groups is 1. The number of imide groups is 1. The monoisotopic (exact) mass is 320 g/mol. The minimum atomic E-state index is -1.63. The topological polar surface area (TPSA) is 95.9 Å².